The van der Waals surface area contributed by atoms with Crippen LogP contribution in [-0.2, 0) is 18.4 Å². The van der Waals surface area contributed by atoms with Gasteiger partial charge in [-0.25, -0.2) is 0 Å². The molecule has 3 unspecified atom stereocenters. The normalized spacial score (nSPS) is 15.6. The number of allylic oxidation sites excluding steroid dienone is 5. The molecule has 0 aromatic carbocycles. The number of nitrogens with one attached hydrogen (secondary N) is 1. The summed E-state index contributed by atoms with van der Waals surface area (Å²) < 4.78 is 22.9. The van der Waals surface area contributed by atoms with Gasteiger partial charge in [0.25, 0.3) is 7.82 Å². The molecule has 3 atom stereocenters. The number of likely N-dealkylation sites (N-methyl/N-ethyl adjacent to an activating group) is 1. The molecule has 0 saturated carbocycles. The summed E-state index contributed by atoms with van der Waals surface area (Å²) in [5.41, 5.74) is 0. The van der Waals surface area contributed by atoms with E-state index in [1.807, 2.05) is 27.2 Å². The van der Waals surface area contributed by atoms with E-state index >= 15 is 0 Å². The molecule has 9 heteroatoms. The van der Waals surface area contributed by atoms with Gasteiger partial charge in [0.1, 0.15) is 13.2 Å². The van der Waals surface area contributed by atoms with E-state index < -0.39 is 26.6 Å². The molecule has 0 radical (unpaired) electrons. The lowest BCUT2D eigenvalue weighted by Crippen LogP contribution is -2.45. The van der Waals surface area contributed by atoms with Crippen LogP contribution in [0, 0.1) is 0 Å². The maximum atomic E-state index is 12.6. The molecule has 0 heterocycles. The van der Waals surface area contributed by atoms with E-state index in [2.05, 4.69) is 43.5 Å². The zero-order chi connectivity index (χ0) is 30.8. The number of quaternary nitrogens is 1. The van der Waals surface area contributed by atoms with Crippen LogP contribution >= 0.6 is 7.82 Å². The molecule has 0 aliphatic heterocycles. The minimum absolute atomic E-state index is 0.00918. The summed E-state index contributed by atoms with van der Waals surface area (Å²) in [5, 5.41) is 13.5. The third-order valence-electron chi connectivity index (χ3n) is 6.55. The number of hydrogen-bond acceptors (Lipinski definition) is 6. The monoisotopic (exact) mass is 600 g/mol. The van der Waals surface area contributed by atoms with Crippen LogP contribution in [-0.4, -0.2) is 68.5 Å². The van der Waals surface area contributed by atoms with Gasteiger partial charge >= 0.3 is 0 Å². The molecule has 0 aliphatic carbocycles. The standard InChI is InChI=1S/C32H61N2O6P/c1-6-8-10-12-14-16-18-20-22-24-26-32(36)33-30(29-40-41(37,38)39-28-27-34(3,4)5)31(35)25-23-21-19-17-15-13-11-9-7-2/h10,12,15,17,23,25,30-31,35H,6-9,11,13-14,16,18-22,24,26-29H2,1-5H3,(H-,33,36,37,38)/b12-10-,17-15+,25-23+. The summed E-state index contributed by atoms with van der Waals surface area (Å²) in [5.74, 6) is -0.227. The molecule has 1 amide bonds. The molecular formula is C32H61N2O6P. The van der Waals surface area contributed by atoms with Crippen LogP contribution in [0.1, 0.15) is 110 Å². The largest absolute Gasteiger partial charge is 0.756 e. The Balaban J connectivity index is 4.73. The number of aliphatic hydroxyl groups is 1. The number of hydrogen-bond donors (Lipinski definition) is 2. The molecule has 0 rings (SSSR count). The highest BCUT2D eigenvalue weighted by Gasteiger charge is 2.23. The Kier molecular flexibility index (Phi) is 24.5. The summed E-state index contributed by atoms with van der Waals surface area (Å²) >= 11 is 0. The van der Waals surface area contributed by atoms with Crippen LogP contribution < -0.4 is 10.2 Å². The van der Waals surface area contributed by atoms with Gasteiger partial charge in [-0.3, -0.25) is 9.36 Å². The lowest BCUT2D eigenvalue weighted by molar-refractivity contribution is -0.870. The summed E-state index contributed by atoms with van der Waals surface area (Å²) in [6, 6.07) is -0.900. The minimum Gasteiger partial charge on any atom is -0.756 e. The van der Waals surface area contributed by atoms with Gasteiger partial charge in [-0.2, -0.15) is 0 Å². The fourth-order valence-electron chi connectivity index (χ4n) is 3.93. The first kappa shape index (κ1) is 39.7. The van der Waals surface area contributed by atoms with Gasteiger partial charge in [-0.1, -0.05) is 88.8 Å². The van der Waals surface area contributed by atoms with Crippen molar-refractivity contribution >= 4 is 13.7 Å². The van der Waals surface area contributed by atoms with E-state index in [4.69, 9.17) is 9.05 Å². The van der Waals surface area contributed by atoms with Gasteiger partial charge in [0.2, 0.25) is 5.91 Å². The number of carbonyl (C=O) groups is 1. The Labute approximate surface area is 251 Å². The average molecular weight is 601 g/mol. The topological polar surface area (TPSA) is 108 Å². The summed E-state index contributed by atoms with van der Waals surface area (Å²) in [7, 11) is 1.22. The van der Waals surface area contributed by atoms with Crippen molar-refractivity contribution < 1.29 is 32.9 Å². The zero-order valence-electron chi connectivity index (χ0n) is 26.7. The SMILES string of the molecule is CCC/C=C\CCCCCCCC(=O)NC(COP(=O)([O-])OCC[N+](C)(C)C)C(O)/C=C/CC/C=C/CCCCC. The highest BCUT2D eigenvalue weighted by atomic mass is 31.2. The van der Waals surface area contributed by atoms with Gasteiger partial charge in [-0.15, -0.1) is 0 Å². The molecule has 0 aromatic rings. The number of phosphoric ester groups is 1. The molecule has 0 aliphatic rings. The molecule has 0 saturated heterocycles. The number of phosphoric acid groups is 1. The molecule has 8 nitrogen and oxygen atoms in total. The molecular weight excluding hydrogens is 539 g/mol. The number of unbranched alkanes of at least 4 members (excludes halogenated alkanes) is 10. The van der Waals surface area contributed by atoms with Crippen LogP contribution in [0.15, 0.2) is 36.5 Å². The van der Waals surface area contributed by atoms with Crippen molar-refractivity contribution in [2.75, 3.05) is 40.9 Å². The quantitative estimate of drug-likeness (QED) is 0.0476. The number of rotatable bonds is 27. The van der Waals surface area contributed by atoms with E-state index in [0.717, 1.165) is 64.2 Å². The van der Waals surface area contributed by atoms with Gasteiger partial charge in [0.05, 0.1) is 39.9 Å². The minimum atomic E-state index is -4.57. The average Bonchev–Trinajstić information content (AvgIpc) is 2.90. The Morgan fingerprint density at radius 2 is 1.41 bits per heavy atom. The van der Waals surface area contributed by atoms with Crippen LogP contribution in [0.25, 0.3) is 0 Å². The number of carbonyl (C=O) groups excluding carboxylic acids is 1. The first-order valence-corrected chi connectivity index (χ1v) is 17.3. The summed E-state index contributed by atoms with van der Waals surface area (Å²) in [4.78, 5) is 24.9. The predicted molar refractivity (Wildman–Crippen MR) is 168 cm³/mol. The second-order valence-electron chi connectivity index (χ2n) is 11.8. The maximum absolute atomic E-state index is 12.6. The van der Waals surface area contributed by atoms with E-state index in [1.54, 1.807) is 6.08 Å². The van der Waals surface area contributed by atoms with Crippen molar-refractivity contribution in [2.45, 2.75) is 122 Å². The first-order valence-electron chi connectivity index (χ1n) is 15.9. The molecule has 2 N–H and O–H groups in total. The second kappa shape index (κ2) is 25.2. The highest BCUT2D eigenvalue weighted by Crippen LogP contribution is 2.38. The second-order valence-corrected chi connectivity index (χ2v) is 13.2. The lowest BCUT2D eigenvalue weighted by Gasteiger charge is -2.29. The van der Waals surface area contributed by atoms with Gasteiger partial charge in [0.15, 0.2) is 0 Å². The van der Waals surface area contributed by atoms with E-state index in [-0.39, 0.29) is 12.5 Å². The lowest BCUT2D eigenvalue weighted by atomic mass is 10.1. The smallest absolute Gasteiger partial charge is 0.268 e. The van der Waals surface area contributed by atoms with Gasteiger partial charge in [0, 0.05) is 6.42 Å². The summed E-state index contributed by atoms with van der Waals surface area (Å²) in [6.07, 6.45) is 26.3. The zero-order valence-corrected chi connectivity index (χ0v) is 27.6. The number of aliphatic hydroxyl groups excluding tert-OH is 1. The van der Waals surface area contributed by atoms with Crippen molar-refractivity contribution in [3.8, 4) is 0 Å². The van der Waals surface area contributed by atoms with Crippen molar-refractivity contribution in [2.24, 2.45) is 0 Å². The fraction of sp³-hybridized carbons (Fsp3) is 0.781. The summed E-state index contributed by atoms with van der Waals surface area (Å²) in [6.45, 7) is 4.44. The number of amides is 1. The molecule has 0 fully saturated rings. The Bertz CT molecular complexity index is 779. The van der Waals surface area contributed by atoms with Crippen LogP contribution in [0.2, 0.25) is 0 Å². The first-order chi connectivity index (χ1) is 19.5. The molecule has 0 bridgehead atoms. The maximum Gasteiger partial charge on any atom is 0.268 e. The molecule has 0 aromatic heterocycles. The fourth-order valence-corrected chi connectivity index (χ4v) is 4.65. The van der Waals surface area contributed by atoms with Gasteiger partial charge in [-0.05, 0) is 51.4 Å². The van der Waals surface area contributed by atoms with E-state index in [9.17, 15) is 19.4 Å². The van der Waals surface area contributed by atoms with Crippen molar-refractivity contribution in [1.82, 2.24) is 5.32 Å². The molecule has 0 spiro atoms. The predicted octanol–water partition coefficient (Wildman–Crippen LogP) is 6.60. The van der Waals surface area contributed by atoms with Crippen molar-refractivity contribution in [3.05, 3.63) is 36.5 Å². The van der Waals surface area contributed by atoms with E-state index in [0.29, 0.717) is 17.4 Å². The van der Waals surface area contributed by atoms with Crippen molar-refractivity contribution in [3.63, 3.8) is 0 Å². The van der Waals surface area contributed by atoms with Crippen LogP contribution in [0.3, 0.4) is 0 Å². The Morgan fingerprint density at radius 3 is 2.07 bits per heavy atom. The number of nitrogens with zero attached hydrogens (tertiary/aromatic N) is 1. The Morgan fingerprint density at radius 1 is 0.829 bits per heavy atom. The third kappa shape index (κ3) is 27.3. The Hall–Kier alpha value is -1.28. The van der Waals surface area contributed by atoms with Crippen LogP contribution in [0.4, 0.5) is 0 Å². The van der Waals surface area contributed by atoms with E-state index in [1.165, 1.54) is 25.7 Å². The van der Waals surface area contributed by atoms with Crippen molar-refractivity contribution in [1.29, 1.82) is 0 Å². The highest BCUT2D eigenvalue weighted by molar-refractivity contribution is 7.45. The van der Waals surface area contributed by atoms with Crippen LogP contribution in [0.5, 0.6) is 0 Å². The molecule has 240 valence electrons. The third-order valence-corrected chi connectivity index (χ3v) is 7.52. The van der Waals surface area contributed by atoms with Gasteiger partial charge < -0.3 is 28.8 Å². The molecule has 41 heavy (non-hydrogen) atoms.